The number of hydrogen-bond acceptors (Lipinski definition) is 2. The standard InChI is InChI=1S/C15H28N2O/c1-15(2,3)12-7-5-11(6-8-12)14(18)17(4)13-9-16-10-13/h11-13,16H,5-10H2,1-4H3. The SMILES string of the molecule is CN(C(=O)C1CCC(C(C)(C)C)CC1)C1CNC1. The molecule has 3 heteroatoms. The van der Waals surface area contributed by atoms with Crippen molar-refractivity contribution in [3.05, 3.63) is 0 Å². The molecule has 0 unspecified atom stereocenters. The van der Waals surface area contributed by atoms with Crippen molar-refractivity contribution in [2.75, 3.05) is 20.1 Å². The van der Waals surface area contributed by atoms with Crippen LogP contribution in [0.5, 0.6) is 0 Å². The second-order valence-corrected chi connectivity index (χ2v) is 7.18. The summed E-state index contributed by atoms with van der Waals surface area (Å²) in [6.45, 7) is 8.92. The second kappa shape index (κ2) is 5.20. The summed E-state index contributed by atoms with van der Waals surface area (Å²) in [4.78, 5) is 14.4. The minimum absolute atomic E-state index is 0.286. The van der Waals surface area contributed by atoms with Gasteiger partial charge in [-0.1, -0.05) is 20.8 Å². The van der Waals surface area contributed by atoms with Gasteiger partial charge in [0.1, 0.15) is 0 Å². The first-order chi connectivity index (χ1) is 8.39. The minimum Gasteiger partial charge on any atom is -0.340 e. The van der Waals surface area contributed by atoms with Gasteiger partial charge in [-0.25, -0.2) is 0 Å². The van der Waals surface area contributed by atoms with Gasteiger partial charge in [0.2, 0.25) is 5.91 Å². The molecule has 1 aliphatic heterocycles. The molecule has 1 saturated carbocycles. The zero-order valence-corrected chi connectivity index (χ0v) is 12.3. The van der Waals surface area contributed by atoms with Gasteiger partial charge in [0, 0.05) is 26.1 Å². The highest BCUT2D eigenvalue weighted by atomic mass is 16.2. The molecular weight excluding hydrogens is 224 g/mol. The first-order valence-corrected chi connectivity index (χ1v) is 7.37. The van der Waals surface area contributed by atoms with Crippen LogP contribution in [0.25, 0.3) is 0 Å². The molecule has 1 saturated heterocycles. The molecule has 104 valence electrons. The Morgan fingerprint density at radius 1 is 1.11 bits per heavy atom. The van der Waals surface area contributed by atoms with Gasteiger partial charge in [-0.2, -0.15) is 0 Å². The maximum absolute atomic E-state index is 12.4. The van der Waals surface area contributed by atoms with E-state index in [0.717, 1.165) is 31.8 Å². The van der Waals surface area contributed by atoms with Gasteiger partial charge >= 0.3 is 0 Å². The summed E-state index contributed by atoms with van der Waals surface area (Å²) in [6.07, 6.45) is 4.61. The molecule has 1 aliphatic carbocycles. The van der Waals surface area contributed by atoms with Crippen molar-refractivity contribution in [2.24, 2.45) is 17.3 Å². The third-order valence-corrected chi connectivity index (χ3v) is 4.96. The Labute approximate surface area is 111 Å². The van der Waals surface area contributed by atoms with E-state index >= 15 is 0 Å². The van der Waals surface area contributed by atoms with Crippen LogP contribution in [-0.2, 0) is 4.79 Å². The zero-order chi connectivity index (χ0) is 13.3. The molecule has 2 fully saturated rings. The molecule has 1 heterocycles. The first-order valence-electron chi connectivity index (χ1n) is 7.37. The van der Waals surface area contributed by atoms with Gasteiger partial charge in [0.15, 0.2) is 0 Å². The Kier molecular flexibility index (Phi) is 4.00. The number of amides is 1. The largest absolute Gasteiger partial charge is 0.340 e. The van der Waals surface area contributed by atoms with Crippen LogP contribution in [0.2, 0.25) is 0 Å². The number of likely N-dealkylation sites (N-methyl/N-ethyl adjacent to an activating group) is 1. The Morgan fingerprint density at radius 2 is 1.67 bits per heavy atom. The molecule has 2 rings (SSSR count). The lowest BCUT2D eigenvalue weighted by Crippen LogP contribution is -2.58. The lowest BCUT2D eigenvalue weighted by Gasteiger charge is -2.40. The van der Waals surface area contributed by atoms with Crippen LogP contribution in [0.3, 0.4) is 0 Å². The third kappa shape index (κ3) is 2.87. The molecule has 0 aromatic carbocycles. The van der Waals surface area contributed by atoms with Crippen LogP contribution in [0.4, 0.5) is 0 Å². The van der Waals surface area contributed by atoms with E-state index in [0.29, 0.717) is 17.4 Å². The molecule has 18 heavy (non-hydrogen) atoms. The molecule has 2 aliphatic rings. The third-order valence-electron chi connectivity index (χ3n) is 4.96. The average Bonchev–Trinajstić information content (AvgIpc) is 2.24. The molecule has 0 aromatic rings. The fourth-order valence-corrected chi connectivity index (χ4v) is 3.22. The van der Waals surface area contributed by atoms with Crippen LogP contribution in [0, 0.1) is 17.3 Å². The Morgan fingerprint density at radius 3 is 2.06 bits per heavy atom. The van der Waals surface area contributed by atoms with E-state index in [1.54, 1.807) is 0 Å². The molecule has 0 spiro atoms. The van der Waals surface area contributed by atoms with E-state index in [9.17, 15) is 4.79 Å². The minimum atomic E-state index is 0.286. The quantitative estimate of drug-likeness (QED) is 0.817. The number of nitrogens with zero attached hydrogens (tertiary/aromatic N) is 1. The summed E-state index contributed by atoms with van der Waals surface area (Å²) in [5, 5.41) is 3.23. The summed E-state index contributed by atoms with van der Waals surface area (Å²) >= 11 is 0. The van der Waals surface area contributed by atoms with Crippen LogP contribution in [0.15, 0.2) is 0 Å². The Balaban J connectivity index is 1.83. The van der Waals surface area contributed by atoms with Crippen molar-refractivity contribution in [1.82, 2.24) is 10.2 Å². The highest BCUT2D eigenvalue weighted by Crippen LogP contribution is 2.40. The molecule has 0 bridgehead atoms. The van der Waals surface area contributed by atoms with E-state index in [2.05, 4.69) is 26.1 Å². The summed E-state index contributed by atoms with van der Waals surface area (Å²) in [6, 6.07) is 0.442. The van der Waals surface area contributed by atoms with E-state index in [-0.39, 0.29) is 5.92 Å². The predicted molar refractivity (Wildman–Crippen MR) is 74.3 cm³/mol. The predicted octanol–water partition coefficient (Wildman–Crippen LogP) is 2.27. The van der Waals surface area contributed by atoms with E-state index in [4.69, 9.17) is 0 Å². The lowest BCUT2D eigenvalue weighted by atomic mass is 9.69. The number of carbonyl (C=O) groups is 1. The average molecular weight is 252 g/mol. The van der Waals surface area contributed by atoms with Crippen molar-refractivity contribution in [3.8, 4) is 0 Å². The molecule has 1 N–H and O–H groups in total. The molecular formula is C15H28N2O. The van der Waals surface area contributed by atoms with Gasteiger partial charge in [0.25, 0.3) is 0 Å². The Bertz CT molecular complexity index is 296. The van der Waals surface area contributed by atoms with Crippen LogP contribution < -0.4 is 5.32 Å². The normalized spacial score (nSPS) is 29.8. The summed E-state index contributed by atoms with van der Waals surface area (Å²) in [5.74, 6) is 1.46. The van der Waals surface area contributed by atoms with Crippen LogP contribution in [-0.4, -0.2) is 37.0 Å². The number of hydrogen-bond donors (Lipinski definition) is 1. The summed E-state index contributed by atoms with van der Waals surface area (Å²) in [5.41, 5.74) is 0.401. The highest BCUT2D eigenvalue weighted by Gasteiger charge is 2.35. The Hall–Kier alpha value is -0.570. The molecule has 0 radical (unpaired) electrons. The molecule has 0 aromatic heterocycles. The molecule has 0 atom stereocenters. The summed E-state index contributed by atoms with van der Waals surface area (Å²) in [7, 11) is 1.98. The van der Waals surface area contributed by atoms with Crippen molar-refractivity contribution in [2.45, 2.75) is 52.5 Å². The van der Waals surface area contributed by atoms with Gasteiger partial charge < -0.3 is 10.2 Å². The van der Waals surface area contributed by atoms with Gasteiger partial charge in [-0.05, 0) is 37.0 Å². The smallest absolute Gasteiger partial charge is 0.225 e. The van der Waals surface area contributed by atoms with Crippen molar-refractivity contribution in [3.63, 3.8) is 0 Å². The van der Waals surface area contributed by atoms with Gasteiger partial charge in [-0.15, -0.1) is 0 Å². The topological polar surface area (TPSA) is 32.3 Å². The van der Waals surface area contributed by atoms with Crippen LogP contribution in [0.1, 0.15) is 46.5 Å². The maximum atomic E-state index is 12.4. The van der Waals surface area contributed by atoms with Crippen LogP contribution >= 0.6 is 0 Å². The van der Waals surface area contributed by atoms with E-state index in [1.807, 2.05) is 11.9 Å². The van der Waals surface area contributed by atoms with Gasteiger partial charge in [0.05, 0.1) is 6.04 Å². The zero-order valence-electron chi connectivity index (χ0n) is 12.3. The van der Waals surface area contributed by atoms with Crippen molar-refractivity contribution >= 4 is 5.91 Å². The second-order valence-electron chi connectivity index (χ2n) is 7.18. The van der Waals surface area contributed by atoms with E-state index in [1.165, 1.54) is 12.8 Å². The fraction of sp³-hybridized carbons (Fsp3) is 0.933. The van der Waals surface area contributed by atoms with Crippen molar-refractivity contribution < 1.29 is 4.79 Å². The monoisotopic (exact) mass is 252 g/mol. The number of rotatable bonds is 2. The number of nitrogens with one attached hydrogen (secondary N) is 1. The lowest BCUT2D eigenvalue weighted by molar-refractivity contribution is -0.138. The van der Waals surface area contributed by atoms with Crippen molar-refractivity contribution in [1.29, 1.82) is 0 Å². The maximum Gasteiger partial charge on any atom is 0.225 e. The molecule has 1 amide bonds. The number of carbonyl (C=O) groups excluding carboxylic acids is 1. The highest BCUT2D eigenvalue weighted by molar-refractivity contribution is 5.79. The molecule has 3 nitrogen and oxygen atoms in total. The van der Waals surface area contributed by atoms with Gasteiger partial charge in [-0.3, -0.25) is 4.79 Å². The summed E-state index contributed by atoms with van der Waals surface area (Å²) < 4.78 is 0. The first kappa shape index (κ1) is 13.9. The van der Waals surface area contributed by atoms with E-state index < -0.39 is 0 Å². The fourth-order valence-electron chi connectivity index (χ4n) is 3.22.